The summed E-state index contributed by atoms with van der Waals surface area (Å²) >= 11 is 0. The van der Waals surface area contributed by atoms with E-state index in [1.54, 1.807) is 0 Å². The van der Waals surface area contributed by atoms with Gasteiger partial charge in [-0.2, -0.15) is 0 Å². The molecule has 2 heterocycles. The Morgan fingerprint density at radius 2 is 2.16 bits per heavy atom. The second-order valence-electron chi connectivity index (χ2n) is 5.17. The van der Waals surface area contributed by atoms with E-state index in [4.69, 9.17) is 4.52 Å². The monoisotopic (exact) mass is 262 g/mol. The maximum Gasteiger partial charge on any atom is 0.138 e. The van der Waals surface area contributed by atoms with E-state index in [0.717, 1.165) is 36.9 Å². The molecule has 2 aromatic heterocycles. The van der Waals surface area contributed by atoms with Crippen LogP contribution in [0.25, 0.3) is 0 Å². The fraction of sp³-hybridized carbons (Fsp3) is 0.571. The molecule has 1 N–H and O–H groups in total. The molecule has 0 spiro atoms. The van der Waals surface area contributed by atoms with Crippen LogP contribution >= 0.6 is 0 Å². The third kappa shape index (κ3) is 3.44. The van der Waals surface area contributed by atoms with Gasteiger partial charge in [-0.3, -0.25) is 0 Å². The normalized spacial score (nSPS) is 12.8. The van der Waals surface area contributed by atoms with E-state index in [2.05, 4.69) is 26.9 Å². The molecule has 0 bridgehead atoms. The first-order valence-electron chi connectivity index (χ1n) is 6.68. The zero-order valence-electron chi connectivity index (χ0n) is 12.1. The van der Waals surface area contributed by atoms with E-state index >= 15 is 0 Å². The van der Waals surface area contributed by atoms with Crippen molar-refractivity contribution >= 4 is 0 Å². The van der Waals surface area contributed by atoms with Gasteiger partial charge in [-0.05, 0) is 33.2 Å². The van der Waals surface area contributed by atoms with Crippen LogP contribution in [0.1, 0.15) is 29.8 Å². The number of nitrogens with zero attached hydrogens (tertiary/aromatic N) is 3. The number of hydrogen-bond donors (Lipinski definition) is 1. The van der Waals surface area contributed by atoms with Crippen LogP contribution in [0.5, 0.6) is 0 Å². The van der Waals surface area contributed by atoms with Crippen molar-refractivity contribution in [3.63, 3.8) is 0 Å². The van der Waals surface area contributed by atoms with Gasteiger partial charge in [0, 0.05) is 31.0 Å². The van der Waals surface area contributed by atoms with Gasteiger partial charge in [0.25, 0.3) is 0 Å². The standard InChI is InChI=1S/C14H22N4O/c1-10(9-18-6-5-16-13(18)4)7-15-8-14-11(2)17-19-12(14)3/h5-6,10,15H,7-9H2,1-4H3. The molecular formula is C14H22N4O. The molecule has 0 aliphatic heterocycles. The molecule has 0 fully saturated rings. The van der Waals surface area contributed by atoms with Crippen molar-refractivity contribution < 1.29 is 4.52 Å². The predicted molar refractivity (Wildman–Crippen MR) is 73.8 cm³/mol. The topological polar surface area (TPSA) is 55.9 Å². The lowest BCUT2D eigenvalue weighted by molar-refractivity contribution is 0.391. The maximum atomic E-state index is 5.15. The van der Waals surface area contributed by atoms with Gasteiger partial charge in [-0.25, -0.2) is 4.98 Å². The lowest BCUT2D eigenvalue weighted by Crippen LogP contribution is -2.24. The number of aryl methyl sites for hydroxylation is 3. The Hall–Kier alpha value is -1.62. The highest BCUT2D eigenvalue weighted by molar-refractivity contribution is 5.20. The molecule has 2 aromatic rings. The van der Waals surface area contributed by atoms with Gasteiger partial charge in [-0.15, -0.1) is 0 Å². The fourth-order valence-corrected chi connectivity index (χ4v) is 2.19. The summed E-state index contributed by atoms with van der Waals surface area (Å²) in [5.74, 6) is 2.52. The Morgan fingerprint density at radius 1 is 1.37 bits per heavy atom. The summed E-state index contributed by atoms with van der Waals surface area (Å²) in [6.45, 7) is 11.0. The van der Waals surface area contributed by atoms with Gasteiger partial charge in [-0.1, -0.05) is 12.1 Å². The molecule has 1 atom stereocenters. The minimum Gasteiger partial charge on any atom is -0.361 e. The molecule has 2 rings (SSSR count). The van der Waals surface area contributed by atoms with E-state index in [1.165, 1.54) is 5.56 Å². The van der Waals surface area contributed by atoms with Crippen LogP contribution in [0.15, 0.2) is 16.9 Å². The number of rotatable bonds is 6. The summed E-state index contributed by atoms with van der Waals surface area (Å²) < 4.78 is 7.33. The van der Waals surface area contributed by atoms with Crippen molar-refractivity contribution in [3.05, 3.63) is 35.2 Å². The molecular weight excluding hydrogens is 240 g/mol. The van der Waals surface area contributed by atoms with Gasteiger partial charge in [0.1, 0.15) is 11.6 Å². The molecule has 0 aliphatic rings. The van der Waals surface area contributed by atoms with Crippen LogP contribution < -0.4 is 5.32 Å². The van der Waals surface area contributed by atoms with E-state index < -0.39 is 0 Å². The van der Waals surface area contributed by atoms with E-state index in [1.807, 2.05) is 33.2 Å². The molecule has 0 amide bonds. The van der Waals surface area contributed by atoms with Crippen LogP contribution in [0.4, 0.5) is 0 Å². The van der Waals surface area contributed by atoms with Crippen LogP contribution in [0, 0.1) is 26.7 Å². The molecule has 0 aromatic carbocycles. The minimum atomic E-state index is 0.549. The molecule has 5 heteroatoms. The quantitative estimate of drug-likeness (QED) is 0.867. The van der Waals surface area contributed by atoms with Crippen molar-refractivity contribution in [1.82, 2.24) is 20.0 Å². The minimum absolute atomic E-state index is 0.549. The fourth-order valence-electron chi connectivity index (χ4n) is 2.19. The van der Waals surface area contributed by atoms with Gasteiger partial charge in [0.2, 0.25) is 0 Å². The summed E-state index contributed by atoms with van der Waals surface area (Å²) in [6, 6.07) is 0. The van der Waals surface area contributed by atoms with Gasteiger partial charge < -0.3 is 14.4 Å². The number of imidazole rings is 1. The summed E-state index contributed by atoms with van der Waals surface area (Å²) in [4.78, 5) is 4.24. The molecule has 104 valence electrons. The second-order valence-corrected chi connectivity index (χ2v) is 5.17. The zero-order valence-corrected chi connectivity index (χ0v) is 12.1. The Balaban J connectivity index is 1.78. The molecule has 19 heavy (non-hydrogen) atoms. The van der Waals surface area contributed by atoms with Crippen molar-refractivity contribution in [2.45, 2.75) is 40.8 Å². The van der Waals surface area contributed by atoms with Crippen molar-refractivity contribution in [2.75, 3.05) is 6.54 Å². The largest absolute Gasteiger partial charge is 0.361 e. The Kier molecular flexibility index (Phi) is 4.37. The smallest absolute Gasteiger partial charge is 0.138 e. The van der Waals surface area contributed by atoms with E-state index in [0.29, 0.717) is 5.92 Å². The molecule has 1 unspecified atom stereocenters. The molecule has 0 radical (unpaired) electrons. The summed E-state index contributed by atoms with van der Waals surface area (Å²) in [5.41, 5.74) is 2.15. The third-order valence-electron chi connectivity index (χ3n) is 3.41. The maximum absolute atomic E-state index is 5.15. The predicted octanol–water partition coefficient (Wildman–Crippen LogP) is 2.22. The van der Waals surface area contributed by atoms with Crippen LogP contribution in [0.3, 0.4) is 0 Å². The molecule has 5 nitrogen and oxygen atoms in total. The first-order valence-corrected chi connectivity index (χ1v) is 6.68. The SMILES string of the molecule is Cc1noc(C)c1CNCC(C)Cn1ccnc1C. The van der Waals surface area contributed by atoms with Crippen LogP contribution in [0.2, 0.25) is 0 Å². The molecule has 0 saturated carbocycles. The highest BCUT2D eigenvalue weighted by Gasteiger charge is 2.09. The average Bonchev–Trinajstić information content (AvgIpc) is 2.90. The van der Waals surface area contributed by atoms with Gasteiger partial charge in [0.05, 0.1) is 5.69 Å². The lowest BCUT2D eigenvalue weighted by Gasteiger charge is -2.14. The highest BCUT2D eigenvalue weighted by atomic mass is 16.5. The van der Waals surface area contributed by atoms with E-state index in [9.17, 15) is 0 Å². The number of hydrogen-bond acceptors (Lipinski definition) is 4. The summed E-state index contributed by atoms with van der Waals surface area (Å²) in [7, 11) is 0. The average molecular weight is 262 g/mol. The van der Waals surface area contributed by atoms with Crippen molar-refractivity contribution in [3.8, 4) is 0 Å². The summed E-state index contributed by atoms with van der Waals surface area (Å²) in [5, 5.41) is 7.43. The second kappa shape index (κ2) is 6.02. The first-order chi connectivity index (χ1) is 9.08. The molecule has 0 aliphatic carbocycles. The number of nitrogens with one attached hydrogen (secondary N) is 1. The van der Waals surface area contributed by atoms with Crippen LogP contribution in [-0.2, 0) is 13.1 Å². The first kappa shape index (κ1) is 13.8. The van der Waals surface area contributed by atoms with Gasteiger partial charge >= 0.3 is 0 Å². The zero-order chi connectivity index (χ0) is 13.8. The summed E-state index contributed by atoms with van der Waals surface area (Å²) in [6.07, 6.45) is 3.87. The van der Waals surface area contributed by atoms with E-state index in [-0.39, 0.29) is 0 Å². The van der Waals surface area contributed by atoms with Crippen molar-refractivity contribution in [1.29, 1.82) is 0 Å². The Morgan fingerprint density at radius 3 is 2.74 bits per heavy atom. The van der Waals surface area contributed by atoms with Crippen LogP contribution in [-0.4, -0.2) is 21.3 Å². The number of aromatic nitrogens is 3. The Labute approximate surface area is 114 Å². The van der Waals surface area contributed by atoms with Gasteiger partial charge in [0.15, 0.2) is 0 Å². The molecule has 0 saturated heterocycles. The third-order valence-corrected chi connectivity index (χ3v) is 3.41. The Bertz CT molecular complexity index is 510. The lowest BCUT2D eigenvalue weighted by atomic mass is 10.1. The highest BCUT2D eigenvalue weighted by Crippen LogP contribution is 2.11. The van der Waals surface area contributed by atoms with Crippen molar-refractivity contribution in [2.24, 2.45) is 5.92 Å².